The predicted octanol–water partition coefficient (Wildman–Crippen LogP) is 1.49. The Kier molecular flexibility index (Phi) is 3.29. The van der Waals surface area contributed by atoms with Crippen LogP contribution in [0.5, 0.6) is 0 Å². The van der Waals surface area contributed by atoms with Gasteiger partial charge in [0, 0.05) is 25.2 Å². The first kappa shape index (κ1) is 11.2. The maximum atomic E-state index is 12.2. The molecule has 3 N–H and O–H groups in total. The van der Waals surface area contributed by atoms with E-state index in [1.54, 1.807) is 4.90 Å². The van der Waals surface area contributed by atoms with Gasteiger partial charge in [0.25, 0.3) is 0 Å². The van der Waals surface area contributed by atoms with Crippen molar-refractivity contribution in [2.75, 3.05) is 11.9 Å². The van der Waals surface area contributed by atoms with E-state index in [2.05, 4.69) is 4.98 Å². The number of H-pyrrole nitrogens is 1. The summed E-state index contributed by atoms with van der Waals surface area (Å²) < 4.78 is 0. The number of aromatic nitrogens is 1. The van der Waals surface area contributed by atoms with Gasteiger partial charge >= 0.3 is 0 Å². The number of hydrogen-bond donors (Lipinski definition) is 2. The Balaban J connectivity index is 1.97. The predicted molar refractivity (Wildman–Crippen MR) is 64.1 cm³/mol. The molecule has 0 spiro atoms. The molecule has 4 heteroatoms. The number of anilines is 1. The number of carbonyl (C=O) groups excluding carboxylic acids is 1. The number of carbonyl (C=O) groups is 1. The van der Waals surface area contributed by atoms with Crippen molar-refractivity contribution in [3.63, 3.8) is 0 Å². The average Bonchev–Trinajstić information content (AvgIpc) is 2.81. The molecule has 1 fully saturated rings. The summed E-state index contributed by atoms with van der Waals surface area (Å²) in [6.07, 6.45) is 5.61. The topological polar surface area (TPSA) is 62.1 Å². The molecule has 0 bridgehead atoms. The van der Waals surface area contributed by atoms with Crippen LogP contribution in [0.2, 0.25) is 0 Å². The lowest BCUT2D eigenvalue weighted by Crippen LogP contribution is -2.37. The fourth-order valence-electron chi connectivity index (χ4n) is 2.29. The maximum absolute atomic E-state index is 12.2. The van der Waals surface area contributed by atoms with Crippen LogP contribution < -0.4 is 10.6 Å². The highest BCUT2D eigenvalue weighted by molar-refractivity contribution is 5.93. The second kappa shape index (κ2) is 4.70. The van der Waals surface area contributed by atoms with Crippen molar-refractivity contribution >= 4 is 11.7 Å². The normalized spacial score (nSPS) is 25.4. The van der Waals surface area contributed by atoms with Gasteiger partial charge in [-0.05, 0) is 37.8 Å². The molecule has 88 valence electrons. The van der Waals surface area contributed by atoms with Crippen LogP contribution >= 0.6 is 0 Å². The molecular formula is C12H19N3O. The maximum Gasteiger partial charge on any atom is 0.230 e. The largest absolute Gasteiger partial charge is 0.348 e. The molecule has 0 radical (unpaired) electrons. The first-order chi connectivity index (χ1) is 7.68. The molecule has 1 saturated carbocycles. The summed E-state index contributed by atoms with van der Waals surface area (Å²) in [5.41, 5.74) is 5.84. The van der Waals surface area contributed by atoms with Crippen molar-refractivity contribution in [1.29, 1.82) is 0 Å². The average molecular weight is 221 g/mol. The van der Waals surface area contributed by atoms with Crippen LogP contribution in [0.25, 0.3) is 0 Å². The van der Waals surface area contributed by atoms with E-state index in [1.807, 2.05) is 25.4 Å². The third kappa shape index (κ3) is 2.27. The summed E-state index contributed by atoms with van der Waals surface area (Å²) in [4.78, 5) is 16.9. The number of nitrogens with one attached hydrogen (secondary N) is 1. The Morgan fingerprint density at radius 2 is 2.12 bits per heavy atom. The highest BCUT2D eigenvalue weighted by atomic mass is 16.2. The zero-order valence-corrected chi connectivity index (χ0v) is 9.65. The minimum absolute atomic E-state index is 0.146. The van der Waals surface area contributed by atoms with Crippen molar-refractivity contribution in [3.05, 3.63) is 18.3 Å². The Bertz CT molecular complexity index is 339. The highest BCUT2D eigenvalue weighted by Gasteiger charge is 2.27. The lowest BCUT2D eigenvalue weighted by molar-refractivity contribution is -0.123. The third-order valence-electron chi connectivity index (χ3n) is 3.39. The van der Waals surface area contributed by atoms with E-state index in [4.69, 9.17) is 5.73 Å². The van der Waals surface area contributed by atoms with Crippen molar-refractivity contribution in [2.24, 2.45) is 11.7 Å². The molecule has 0 aromatic carbocycles. The van der Waals surface area contributed by atoms with Gasteiger partial charge in [0.15, 0.2) is 0 Å². The standard InChI is InChI=1S/C12H19N3O/c1-15(11-3-2-8-14-11)12(16)9-4-6-10(13)7-5-9/h2-3,8-10,14H,4-7,13H2,1H3. The molecule has 4 nitrogen and oxygen atoms in total. The summed E-state index contributed by atoms with van der Waals surface area (Å²) in [6.45, 7) is 0. The van der Waals surface area contributed by atoms with Gasteiger partial charge in [-0.15, -0.1) is 0 Å². The molecule has 0 saturated heterocycles. The quantitative estimate of drug-likeness (QED) is 0.795. The summed E-state index contributed by atoms with van der Waals surface area (Å²) in [6, 6.07) is 4.10. The molecule has 1 amide bonds. The van der Waals surface area contributed by atoms with Gasteiger partial charge in [-0.3, -0.25) is 4.79 Å². The first-order valence-corrected chi connectivity index (χ1v) is 5.85. The van der Waals surface area contributed by atoms with Gasteiger partial charge in [0.1, 0.15) is 5.82 Å². The van der Waals surface area contributed by atoms with E-state index in [0.717, 1.165) is 31.5 Å². The zero-order valence-electron chi connectivity index (χ0n) is 9.65. The molecule has 1 heterocycles. The molecule has 0 atom stereocenters. The molecule has 16 heavy (non-hydrogen) atoms. The molecule has 1 aromatic heterocycles. The number of hydrogen-bond acceptors (Lipinski definition) is 2. The Morgan fingerprint density at radius 3 is 2.69 bits per heavy atom. The lowest BCUT2D eigenvalue weighted by Gasteiger charge is -2.28. The van der Waals surface area contributed by atoms with Gasteiger partial charge in [-0.25, -0.2) is 0 Å². The van der Waals surface area contributed by atoms with Crippen LogP contribution in [0, 0.1) is 5.92 Å². The lowest BCUT2D eigenvalue weighted by atomic mass is 9.85. The second-order valence-corrected chi connectivity index (χ2v) is 4.56. The summed E-state index contributed by atoms with van der Waals surface area (Å²) in [7, 11) is 1.82. The van der Waals surface area contributed by atoms with Crippen molar-refractivity contribution in [2.45, 2.75) is 31.7 Å². The number of aromatic amines is 1. The highest BCUT2D eigenvalue weighted by Crippen LogP contribution is 2.25. The van der Waals surface area contributed by atoms with Crippen LogP contribution in [0.1, 0.15) is 25.7 Å². The molecule has 1 aromatic rings. The van der Waals surface area contributed by atoms with Gasteiger partial charge in [-0.1, -0.05) is 0 Å². The van der Waals surface area contributed by atoms with Gasteiger partial charge in [0.05, 0.1) is 0 Å². The zero-order chi connectivity index (χ0) is 11.5. The van der Waals surface area contributed by atoms with Crippen LogP contribution in [-0.4, -0.2) is 24.0 Å². The van der Waals surface area contributed by atoms with Gasteiger partial charge < -0.3 is 15.6 Å². The number of nitrogens with zero attached hydrogens (tertiary/aromatic N) is 1. The fourth-order valence-corrected chi connectivity index (χ4v) is 2.29. The minimum Gasteiger partial charge on any atom is -0.348 e. The van der Waals surface area contributed by atoms with Crippen molar-refractivity contribution < 1.29 is 4.79 Å². The van der Waals surface area contributed by atoms with Gasteiger partial charge in [0.2, 0.25) is 5.91 Å². The van der Waals surface area contributed by atoms with Crippen LogP contribution in [0.15, 0.2) is 18.3 Å². The van der Waals surface area contributed by atoms with Crippen LogP contribution in [0.4, 0.5) is 5.82 Å². The molecule has 0 unspecified atom stereocenters. The number of amides is 1. The third-order valence-corrected chi connectivity index (χ3v) is 3.39. The molecule has 1 aliphatic carbocycles. The van der Waals surface area contributed by atoms with E-state index in [9.17, 15) is 4.79 Å². The smallest absolute Gasteiger partial charge is 0.230 e. The van der Waals surface area contributed by atoms with E-state index in [-0.39, 0.29) is 11.8 Å². The van der Waals surface area contributed by atoms with Crippen molar-refractivity contribution in [1.82, 2.24) is 4.98 Å². The Morgan fingerprint density at radius 1 is 1.44 bits per heavy atom. The molecule has 0 aliphatic heterocycles. The monoisotopic (exact) mass is 221 g/mol. The SMILES string of the molecule is CN(C(=O)C1CCC(N)CC1)c1ccc[nH]1. The van der Waals surface area contributed by atoms with Crippen LogP contribution in [-0.2, 0) is 4.79 Å². The van der Waals surface area contributed by atoms with Crippen molar-refractivity contribution in [3.8, 4) is 0 Å². The Hall–Kier alpha value is -1.29. The van der Waals surface area contributed by atoms with Gasteiger partial charge in [-0.2, -0.15) is 0 Å². The minimum atomic E-state index is 0.146. The summed E-state index contributed by atoms with van der Waals surface area (Å²) in [5.74, 6) is 1.21. The Labute approximate surface area is 95.8 Å². The first-order valence-electron chi connectivity index (χ1n) is 5.85. The second-order valence-electron chi connectivity index (χ2n) is 4.56. The van der Waals surface area contributed by atoms with E-state index < -0.39 is 0 Å². The summed E-state index contributed by atoms with van der Waals surface area (Å²) in [5, 5.41) is 0. The van der Waals surface area contributed by atoms with E-state index >= 15 is 0 Å². The molecular weight excluding hydrogens is 202 g/mol. The fraction of sp³-hybridized carbons (Fsp3) is 0.583. The molecule has 2 rings (SSSR count). The van der Waals surface area contributed by atoms with Crippen LogP contribution in [0.3, 0.4) is 0 Å². The van der Waals surface area contributed by atoms with E-state index in [1.165, 1.54) is 0 Å². The number of nitrogens with two attached hydrogens (primary N) is 1. The number of rotatable bonds is 2. The molecule has 1 aliphatic rings. The summed E-state index contributed by atoms with van der Waals surface area (Å²) >= 11 is 0. The van der Waals surface area contributed by atoms with E-state index in [0.29, 0.717) is 6.04 Å².